The van der Waals surface area contributed by atoms with Crippen LogP contribution >= 0.6 is 11.6 Å². The fraction of sp³-hybridized carbons (Fsp3) is 0.286. The summed E-state index contributed by atoms with van der Waals surface area (Å²) in [5.74, 6) is 0.929. The van der Waals surface area contributed by atoms with E-state index in [1.165, 1.54) is 0 Å². The van der Waals surface area contributed by atoms with Crippen molar-refractivity contribution in [1.82, 2.24) is 14.8 Å². The van der Waals surface area contributed by atoms with Gasteiger partial charge in [-0.2, -0.15) is 10.1 Å². The van der Waals surface area contributed by atoms with E-state index in [0.29, 0.717) is 46.3 Å². The fourth-order valence-corrected chi connectivity index (χ4v) is 6.23. The van der Waals surface area contributed by atoms with Crippen LogP contribution in [0.4, 0.5) is 5.69 Å². The molecule has 0 bridgehead atoms. The first kappa shape index (κ1) is 20.0. The Morgan fingerprint density at radius 1 is 1.19 bits per heavy atom. The van der Waals surface area contributed by atoms with Crippen LogP contribution in [-0.2, 0) is 15.5 Å². The van der Waals surface area contributed by atoms with E-state index >= 15 is 0 Å². The third kappa shape index (κ3) is 3.37. The Kier molecular flexibility index (Phi) is 4.56. The number of methoxy groups -OCH3 is 1. The Balaban J connectivity index is 1.76. The number of aromatic nitrogens is 3. The third-order valence-corrected chi connectivity index (χ3v) is 7.74. The molecule has 0 radical (unpaired) electrons. The lowest BCUT2D eigenvalue weighted by Gasteiger charge is -2.43. The smallest absolute Gasteiger partial charge is 0.300 e. The van der Waals surface area contributed by atoms with Crippen molar-refractivity contribution < 1.29 is 13.2 Å². The van der Waals surface area contributed by atoms with Crippen molar-refractivity contribution in [3.8, 4) is 28.4 Å². The van der Waals surface area contributed by atoms with Crippen LogP contribution in [0.15, 0.2) is 47.3 Å². The molecule has 0 saturated carbocycles. The molecule has 1 N–H and O–H groups in total. The average molecular weight is 459 g/mol. The summed E-state index contributed by atoms with van der Waals surface area (Å²) in [7, 11) is -1.75. The first-order valence-electron chi connectivity index (χ1n) is 9.75. The highest BCUT2D eigenvalue weighted by molar-refractivity contribution is 7.91. The van der Waals surface area contributed by atoms with Gasteiger partial charge in [0.2, 0.25) is 0 Å². The summed E-state index contributed by atoms with van der Waals surface area (Å²) in [4.78, 5) is 17.3. The second-order valence-electron chi connectivity index (χ2n) is 7.77. The maximum atomic E-state index is 12.9. The Morgan fingerprint density at radius 2 is 1.97 bits per heavy atom. The van der Waals surface area contributed by atoms with E-state index in [9.17, 15) is 13.2 Å². The first-order chi connectivity index (χ1) is 14.8. The standard InChI is InChI=1S/C21H19ClN4O4S/c1-30-15-6-3-13(4-7-15)18-20(27)23-19-16-11-14(22)5-8-17(16)24-21(26(19)25-18)9-2-10-31(28,29)12-21/h3-8,11,24H,2,9-10,12H2,1H3/t21-/m0/s1. The van der Waals surface area contributed by atoms with E-state index in [4.69, 9.17) is 16.3 Å². The third-order valence-electron chi connectivity index (χ3n) is 5.67. The van der Waals surface area contributed by atoms with Gasteiger partial charge in [0.05, 0.1) is 18.6 Å². The summed E-state index contributed by atoms with van der Waals surface area (Å²) >= 11 is 6.19. The van der Waals surface area contributed by atoms with Crippen LogP contribution in [0.1, 0.15) is 12.8 Å². The van der Waals surface area contributed by atoms with Crippen molar-refractivity contribution in [2.24, 2.45) is 0 Å². The largest absolute Gasteiger partial charge is 0.497 e. The topological polar surface area (TPSA) is 103 Å². The number of hydrogen-bond donors (Lipinski definition) is 1. The maximum absolute atomic E-state index is 12.9. The number of fused-ring (bicyclic) bond motifs is 4. The van der Waals surface area contributed by atoms with Crippen molar-refractivity contribution in [2.45, 2.75) is 18.5 Å². The van der Waals surface area contributed by atoms with Crippen molar-refractivity contribution in [3.63, 3.8) is 0 Å². The minimum Gasteiger partial charge on any atom is -0.497 e. The van der Waals surface area contributed by atoms with Crippen LogP contribution in [0, 0.1) is 0 Å². The van der Waals surface area contributed by atoms with E-state index < -0.39 is 21.1 Å². The summed E-state index contributed by atoms with van der Waals surface area (Å²) < 4.78 is 31.9. The van der Waals surface area contributed by atoms with Crippen molar-refractivity contribution in [2.75, 3.05) is 23.9 Å². The van der Waals surface area contributed by atoms with Crippen LogP contribution in [0.25, 0.3) is 22.6 Å². The van der Waals surface area contributed by atoms with Crippen LogP contribution in [-0.4, -0.2) is 41.8 Å². The lowest BCUT2D eigenvalue weighted by Crippen LogP contribution is -2.54. The van der Waals surface area contributed by atoms with Gasteiger partial charge in [0.1, 0.15) is 11.4 Å². The molecule has 8 nitrogen and oxygen atoms in total. The molecular weight excluding hydrogens is 440 g/mol. The molecule has 160 valence electrons. The predicted octanol–water partition coefficient (Wildman–Crippen LogP) is 2.92. The number of anilines is 1. The monoisotopic (exact) mass is 458 g/mol. The van der Waals surface area contributed by atoms with Crippen LogP contribution in [0.2, 0.25) is 5.02 Å². The molecule has 3 heterocycles. The number of benzene rings is 2. The second kappa shape index (κ2) is 7.06. The molecule has 1 atom stereocenters. The highest BCUT2D eigenvalue weighted by Gasteiger charge is 2.46. The quantitative estimate of drug-likeness (QED) is 0.629. The molecule has 1 saturated heterocycles. The zero-order chi connectivity index (χ0) is 21.8. The summed E-state index contributed by atoms with van der Waals surface area (Å²) in [5.41, 5.74) is 0.451. The molecule has 3 aromatic rings. The number of rotatable bonds is 2. The van der Waals surface area contributed by atoms with E-state index in [-0.39, 0.29) is 17.2 Å². The van der Waals surface area contributed by atoms with Crippen LogP contribution < -0.4 is 15.6 Å². The fourth-order valence-electron chi connectivity index (χ4n) is 4.26. The zero-order valence-corrected chi connectivity index (χ0v) is 18.2. The van der Waals surface area contributed by atoms with Gasteiger partial charge in [-0.1, -0.05) is 11.6 Å². The minimum atomic E-state index is -3.31. The zero-order valence-electron chi connectivity index (χ0n) is 16.6. The number of nitrogens with zero attached hydrogens (tertiary/aromatic N) is 3. The van der Waals surface area contributed by atoms with Gasteiger partial charge in [0.25, 0.3) is 5.56 Å². The van der Waals surface area contributed by atoms with Gasteiger partial charge in [-0.25, -0.2) is 13.1 Å². The highest BCUT2D eigenvalue weighted by atomic mass is 35.5. The van der Waals surface area contributed by atoms with Crippen LogP contribution in [0.3, 0.4) is 0 Å². The Bertz CT molecular complexity index is 1350. The maximum Gasteiger partial charge on any atom is 0.300 e. The molecule has 0 amide bonds. The van der Waals surface area contributed by atoms with Crippen molar-refractivity contribution in [1.29, 1.82) is 0 Å². The van der Waals surface area contributed by atoms with Crippen molar-refractivity contribution >= 4 is 27.1 Å². The SMILES string of the molecule is COc1ccc(-c2nn3c(nc2=O)-c2cc(Cl)ccc2N[C@@]32CCCS(=O)(=O)C2)cc1. The van der Waals surface area contributed by atoms with E-state index in [2.05, 4.69) is 15.4 Å². The molecule has 2 aliphatic rings. The van der Waals surface area contributed by atoms with E-state index in [0.717, 1.165) is 0 Å². The lowest BCUT2D eigenvalue weighted by molar-refractivity contribution is 0.290. The number of halogens is 1. The second-order valence-corrected chi connectivity index (χ2v) is 10.4. The molecule has 5 rings (SSSR count). The lowest BCUT2D eigenvalue weighted by atomic mass is 9.99. The highest BCUT2D eigenvalue weighted by Crippen LogP contribution is 2.42. The average Bonchev–Trinajstić information content (AvgIpc) is 2.73. The first-order valence-corrected chi connectivity index (χ1v) is 12.0. The van der Waals surface area contributed by atoms with Gasteiger partial charge in [0.15, 0.2) is 21.4 Å². The number of hydrogen-bond acceptors (Lipinski definition) is 7. The van der Waals surface area contributed by atoms with Gasteiger partial charge < -0.3 is 10.1 Å². The van der Waals surface area contributed by atoms with Crippen molar-refractivity contribution in [3.05, 3.63) is 57.8 Å². The molecule has 2 aliphatic heterocycles. The van der Waals surface area contributed by atoms with Gasteiger partial charge >= 0.3 is 0 Å². The molecule has 0 aliphatic carbocycles. The normalized spacial score (nSPS) is 21.1. The van der Waals surface area contributed by atoms with Gasteiger partial charge in [-0.15, -0.1) is 0 Å². The molecule has 2 aromatic carbocycles. The minimum absolute atomic E-state index is 0.123. The number of nitrogens with one attached hydrogen (secondary N) is 1. The van der Waals surface area contributed by atoms with E-state index in [1.807, 2.05) is 0 Å². The van der Waals surface area contributed by atoms with Gasteiger partial charge in [-0.05, 0) is 55.3 Å². The molecule has 1 aromatic heterocycles. The molecule has 31 heavy (non-hydrogen) atoms. The van der Waals surface area contributed by atoms with Crippen LogP contribution in [0.5, 0.6) is 5.75 Å². The summed E-state index contributed by atoms with van der Waals surface area (Å²) in [6.07, 6.45) is 1.00. The Labute approximate surface area is 183 Å². The van der Waals surface area contributed by atoms with E-state index in [1.54, 1.807) is 54.3 Å². The molecule has 0 unspecified atom stereocenters. The van der Waals surface area contributed by atoms with Gasteiger partial charge in [-0.3, -0.25) is 4.79 Å². The Hall–Kier alpha value is -2.91. The Morgan fingerprint density at radius 3 is 2.68 bits per heavy atom. The molecule has 1 fully saturated rings. The summed E-state index contributed by atoms with van der Waals surface area (Å²) in [6, 6.07) is 12.1. The summed E-state index contributed by atoms with van der Waals surface area (Å²) in [6.45, 7) is 0. The predicted molar refractivity (Wildman–Crippen MR) is 118 cm³/mol. The molecular formula is C21H19ClN4O4S. The number of ether oxygens (including phenoxy) is 1. The number of sulfone groups is 1. The molecule has 10 heteroatoms. The summed E-state index contributed by atoms with van der Waals surface area (Å²) in [5, 5.41) is 8.49. The van der Waals surface area contributed by atoms with Gasteiger partial charge in [0, 0.05) is 21.8 Å². The molecule has 1 spiro atoms.